The van der Waals surface area contributed by atoms with Gasteiger partial charge in [0.1, 0.15) is 5.60 Å². The van der Waals surface area contributed by atoms with Gasteiger partial charge >= 0.3 is 0 Å². The van der Waals surface area contributed by atoms with Gasteiger partial charge in [0.2, 0.25) is 5.88 Å². The summed E-state index contributed by atoms with van der Waals surface area (Å²) < 4.78 is 6.09. The van der Waals surface area contributed by atoms with Gasteiger partial charge in [0.25, 0.3) is 0 Å². The Kier molecular flexibility index (Phi) is 10.1. The molecule has 0 aliphatic heterocycles. The van der Waals surface area contributed by atoms with Crippen molar-refractivity contribution < 1.29 is 9.84 Å². The molecule has 7 aromatic rings. The van der Waals surface area contributed by atoms with Gasteiger partial charge in [0, 0.05) is 42.2 Å². The first-order chi connectivity index (χ1) is 24.9. The van der Waals surface area contributed by atoms with Crippen LogP contribution in [0.2, 0.25) is 0 Å². The third kappa shape index (κ3) is 7.36. The summed E-state index contributed by atoms with van der Waals surface area (Å²) in [6.07, 6.45) is 0.497. The average Bonchev–Trinajstić information content (AvgIpc) is 3.17. The first-order valence-electron chi connectivity index (χ1n) is 17.6. The van der Waals surface area contributed by atoms with E-state index in [4.69, 9.17) is 9.72 Å². The second-order valence-corrected chi connectivity index (χ2v) is 13.6. The van der Waals surface area contributed by atoms with Gasteiger partial charge in [-0.25, -0.2) is 4.98 Å². The van der Waals surface area contributed by atoms with Crippen molar-refractivity contribution >= 4 is 27.4 Å². The summed E-state index contributed by atoms with van der Waals surface area (Å²) in [4.78, 5) is 9.65. The van der Waals surface area contributed by atoms with Gasteiger partial charge in [-0.1, -0.05) is 133 Å². The molecule has 1 N–H and O–H groups in total. The minimum Gasteiger partial charge on any atom is -0.481 e. The SMILES string of the molecule is COc1nc2ccc(N(Cc3ccccc3)Cc3ccccc3)cc2cc1C(c1ccccc1)C(O)(CCN(C)C)c1cccc2ccccc12. The number of methoxy groups -OCH3 is 1. The van der Waals surface area contributed by atoms with Crippen LogP contribution in [0.5, 0.6) is 5.88 Å². The number of hydrogen-bond acceptors (Lipinski definition) is 5. The quantitative estimate of drug-likeness (QED) is 0.132. The molecule has 0 aliphatic rings. The third-order valence-electron chi connectivity index (χ3n) is 9.90. The molecule has 0 bridgehead atoms. The molecule has 1 aromatic heterocycles. The number of nitrogens with zero attached hydrogens (tertiary/aromatic N) is 3. The Morgan fingerprint density at radius 3 is 1.92 bits per heavy atom. The van der Waals surface area contributed by atoms with Crippen molar-refractivity contribution in [2.24, 2.45) is 0 Å². The summed E-state index contributed by atoms with van der Waals surface area (Å²) in [6.45, 7) is 2.20. The van der Waals surface area contributed by atoms with E-state index in [0.29, 0.717) is 18.8 Å². The lowest BCUT2D eigenvalue weighted by molar-refractivity contribution is 0.00520. The summed E-state index contributed by atoms with van der Waals surface area (Å²) in [6, 6.07) is 54.7. The molecule has 6 aromatic carbocycles. The molecule has 5 heteroatoms. The molecular formula is C46H45N3O2. The van der Waals surface area contributed by atoms with Crippen LogP contribution >= 0.6 is 0 Å². The van der Waals surface area contributed by atoms with Crippen molar-refractivity contribution in [2.45, 2.75) is 31.0 Å². The molecule has 0 aliphatic carbocycles. The Bertz CT molecular complexity index is 2160. The van der Waals surface area contributed by atoms with Crippen molar-refractivity contribution in [3.8, 4) is 5.88 Å². The molecule has 51 heavy (non-hydrogen) atoms. The first-order valence-corrected chi connectivity index (χ1v) is 17.6. The Balaban J connectivity index is 1.42. The molecule has 2 atom stereocenters. The minimum absolute atomic E-state index is 0.482. The van der Waals surface area contributed by atoms with Gasteiger partial charge in [0.05, 0.1) is 12.6 Å². The Morgan fingerprint density at radius 2 is 1.27 bits per heavy atom. The van der Waals surface area contributed by atoms with Crippen molar-refractivity contribution in [1.82, 2.24) is 9.88 Å². The van der Waals surface area contributed by atoms with Gasteiger partial charge < -0.3 is 19.6 Å². The summed E-state index contributed by atoms with van der Waals surface area (Å²) in [7, 11) is 5.78. The summed E-state index contributed by atoms with van der Waals surface area (Å²) in [5, 5.41) is 16.6. The number of rotatable bonds is 13. The Morgan fingerprint density at radius 1 is 0.667 bits per heavy atom. The van der Waals surface area contributed by atoms with Crippen LogP contribution < -0.4 is 9.64 Å². The Labute approximate surface area is 301 Å². The van der Waals surface area contributed by atoms with Crippen molar-refractivity contribution in [3.05, 3.63) is 186 Å². The maximum Gasteiger partial charge on any atom is 0.217 e. The molecule has 0 fully saturated rings. The van der Waals surface area contributed by atoms with Gasteiger partial charge in [-0.3, -0.25) is 0 Å². The fraction of sp³-hybridized carbons (Fsp3) is 0.196. The van der Waals surface area contributed by atoms with E-state index in [-0.39, 0.29) is 0 Å². The molecule has 0 saturated carbocycles. The van der Waals surface area contributed by atoms with Crippen LogP contribution in [0.3, 0.4) is 0 Å². The van der Waals surface area contributed by atoms with Crippen LogP contribution in [0.15, 0.2) is 158 Å². The second-order valence-electron chi connectivity index (χ2n) is 13.6. The smallest absolute Gasteiger partial charge is 0.217 e. The van der Waals surface area contributed by atoms with Crippen molar-refractivity contribution in [2.75, 3.05) is 32.6 Å². The monoisotopic (exact) mass is 671 g/mol. The number of pyridine rings is 1. The molecule has 7 rings (SSSR count). The van der Waals surface area contributed by atoms with Crippen LogP contribution in [0.25, 0.3) is 21.7 Å². The largest absolute Gasteiger partial charge is 0.481 e. The lowest BCUT2D eigenvalue weighted by atomic mass is 9.70. The van der Waals surface area contributed by atoms with E-state index in [9.17, 15) is 5.11 Å². The fourth-order valence-electron chi connectivity index (χ4n) is 7.37. The molecule has 2 unspecified atom stereocenters. The van der Waals surface area contributed by atoms with Crippen LogP contribution in [0.1, 0.15) is 40.2 Å². The molecule has 0 amide bonds. The third-order valence-corrected chi connectivity index (χ3v) is 9.90. The highest BCUT2D eigenvalue weighted by atomic mass is 16.5. The second kappa shape index (κ2) is 15.2. The fourth-order valence-corrected chi connectivity index (χ4v) is 7.37. The highest BCUT2D eigenvalue weighted by molar-refractivity contribution is 5.87. The molecule has 1 heterocycles. The van der Waals surface area contributed by atoms with E-state index in [2.05, 4.69) is 151 Å². The zero-order valence-electron chi connectivity index (χ0n) is 29.6. The van der Waals surface area contributed by atoms with Crippen LogP contribution in [-0.4, -0.2) is 42.7 Å². The summed E-state index contributed by atoms with van der Waals surface area (Å²) in [5.41, 5.74) is 5.86. The predicted molar refractivity (Wildman–Crippen MR) is 210 cm³/mol. The zero-order chi connectivity index (χ0) is 35.2. The highest BCUT2D eigenvalue weighted by Gasteiger charge is 2.43. The van der Waals surface area contributed by atoms with Crippen LogP contribution in [0.4, 0.5) is 5.69 Å². The topological polar surface area (TPSA) is 48.8 Å². The molecule has 256 valence electrons. The number of benzene rings is 6. The van der Waals surface area contributed by atoms with E-state index in [1.165, 1.54) is 11.1 Å². The van der Waals surface area contributed by atoms with E-state index >= 15 is 0 Å². The van der Waals surface area contributed by atoms with E-state index < -0.39 is 11.5 Å². The maximum absolute atomic E-state index is 13.4. The maximum atomic E-state index is 13.4. The number of ether oxygens (including phenoxy) is 1. The number of aromatic nitrogens is 1. The Hall–Kier alpha value is -5.49. The van der Waals surface area contributed by atoms with Crippen LogP contribution in [-0.2, 0) is 18.7 Å². The van der Waals surface area contributed by atoms with E-state index in [0.717, 1.165) is 57.1 Å². The summed E-state index contributed by atoms with van der Waals surface area (Å²) >= 11 is 0. The molecular weight excluding hydrogens is 627 g/mol. The normalized spacial score (nSPS) is 13.3. The van der Waals surface area contributed by atoms with Gasteiger partial charge in [-0.05, 0) is 77.8 Å². The highest BCUT2D eigenvalue weighted by Crippen LogP contribution is 2.49. The average molecular weight is 672 g/mol. The number of aliphatic hydroxyl groups is 1. The van der Waals surface area contributed by atoms with Gasteiger partial charge in [-0.15, -0.1) is 0 Å². The first kappa shape index (κ1) is 34.0. The minimum atomic E-state index is -1.31. The van der Waals surface area contributed by atoms with Crippen molar-refractivity contribution in [1.29, 1.82) is 0 Å². The predicted octanol–water partition coefficient (Wildman–Crippen LogP) is 9.57. The zero-order valence-corrected chi connectivity index (χ0v) is 29.6. The van der Waals surface area contributed by atoms with E-state index in [1.807, 2.05) is 30.3 Å². The number of fused-ring (bicyclic) bond motifs is 2. The lowest BCUT2D eigenvalue weighted by Gasteiger charge is -2.39. The van der Waals surface area contributed by atoms with E-state index in [1.54, 1.807) is 7.11 Å². The molecule has 0 radical (unpaired) electrons. The van der Waals surface area contributed by atoms with Crippen molar-refractivity contribution in [3.63, 3.8) is 0 Å². The van der Waals surface area contributed by atoms with Gasteiger partial charge in [-0.2, -0.15) is 0 Å². The summed E-state index contributed by atoms with van der Waals surface area (Å²) in [5.74, 6) is 0.0303. The standard InChI is InChI=1S/C46H45N3O2/c1-48(2)29-28-46(50,42-25-15-23-36-20-13-14-24-40(36)42)44(37-21-11-6-12-22-37)41-31-38-30-39(26-27-43(38)47-45(41)51-3)49(32-34-16-7-4-8-17-34)33-35-18-9-5-10-19-35/h4-27,30-31,44,50H,28-29,32-33H2,1-3H3. The van der Waals surface area contributed by atoms with Crippen LogP contribution in [0, 0.1) is 0 Å². The molecule has 0 spiro atoms. The number of anilines is 1. The van der Waals surface area contributed by atoms with Gasteiger partial charge in [0.15, 0.2) is 0 Å². The lowest BCUT2D eigenvalue weighted by Crippen LogP contribution is -2.38. The number of hydrogen-bond donors (Lipinski definition) is 1. The molecule has 0 saturated heterocycles. The molecule has 5 nitrogen and oxygen atoms in total.